The summed E-state index contributed by atoms with van der Waals surface area (Å²) < 4.78 is 0. The summed E-state index contributed by atoms with van der Waals surface area (Å²) >= 11 is 5.83. The van der Waals surface area contributed by atoms with E-state index >= 15 is 0 Å². The number of carbonyl (C=O) groups is 1. The third-order valence-corrected chi connectivity index (χ3v) is 3.99. The van der Waals surface area contributed by atoms with Gasteiger partial charge in [0, 0.05) is 13.6 Å². The molecule has 2 rings (SSSR count). The zero-order valence-electron chi connectivity index (χ0n) is 11.1. The van der Waals surface area contributed by atoms with E-state index in [1.165, 1.54) is 32.1 Å². The molecule has 1 aromatic heterocycles. The van der Waals surface area contributed by atoms with Gasteiger partial charge in [-0.15, -0.1) is 0 Å². The number of carboxylic acids is 1. The Hall–Kier alpha value is -1.29. The number of aromatic carboxylic acids is 1. The number of halogens is 1. The standard InChI is InChI=1S/C14H19ClN2O2/c1-17(9-10-5-3-2-4-6-10)12-8-7-11(15)13(16-12)14(18)19/h7-8,10H,2-6,9H2,1H3,(H,18,19). The predicted octanol–water partition coefficient (Wildman–Crippen LogP) is 3.45. The maximum absolute atomic E-state index is 11.0. The number of hydrogen-bond donors (Lipinski definition) is 1. The van der Waals surface area contributed by atoms with E-state index in [9.17, 15) is 4.79 Å². The van der Waals surface area contributed by atoms with Gasteiger partial charge in [-0.3, -0.25) is 0 Å². The maximum Gasteiger partial charge on any atom is 0.356 e. The molecule has 0 unspecified atom stereocenters. The van der Waals surface area contributed by atoms with E-state index in [4.69, 9.17) is 16.7 Å². The molecule has 0 aromatic carbocycles. The van der Waals surface area contributed by atoms with Crippen molar-refractivity contribution in [3.8, 4) is 0 Å². The van der Waals surface area contributed by atoms with Gasteiger partial charge in [-0.05, 0) is 30.9 Å². The maximum atomic E-state index is 11.0. The number of anilines is 1. The Bertz CT molecular complexity index is 459. The lowest BCUT2D eigenvalue weighted by atomic mass is 9.89. The minimum Gasteiger partial charge on any atom is -0.476 e. The van der Waals surface area contributed by atoms with Crippen molar-refractivity contribution in [2.45, 2.75) is 32.1 Å². The van der Waals surface area contributed by atoms with Crippen molar-refractivity contribution in [3.63, 3.8) is 0 Å². The third kappa shape index (κ3) is 3.60. The Morgan fingerprint density at radius 3 is 2.74 bits per heavy atom. The minimum absolute atomic E-state index is 0.0744. The summed E-state index contributed by atoms with van der Waals surface area (Å²) in [6.45, 7) is 0.924. The van der Waals surface area contributed by atoms with Gasteiger partial charge >= 0.3 is 5.97 Å². The monoisotopic (exact) mass is 282 g/mol. The molecular weight excluding hydrogens is 264 g/mol. The first-order valence-electron chi connectivity index (χ1n) is 6.69. The van der Waals surface area contributed by atoms with Crippen LogP contribution in [0.15, 0.2) is 12.1 Å². The van der Waals surface area contributed by atoms with Crippen LogP contribution in [0.5, 0.6) is 0 Å². The van der Waals surface area contributed by atoms with Gasteiger partial charge < -0.3 is 10.0 Å². The second-order valence-corrected chi connectivity index (χ2v) is 5.60. The number of rotatable bonds is 4. The van der Waals surface area contributed by atoms with E-state index in [0.717, 1.165) is 6.54 Å². The first kappa shape index (κ1) is 14.1. The van der Waals surface area contributed by atoms with E-state index in [0.29, 0.717) is 11.7 Å². The van der Waals surface area contributed by atoms with Crippen LogP contribution in [0, 0.1) is 5.92 Å². The van der Waals surface area contributed by atoms with Crippen LogP contribution in [-0.4, -0.2) is 29.7 Å². The van der Waals surface area contributed by atoms with Gasteiger partial charge in [0.05, 0.1) is 5.02 Å². The van der Waals surface area contributed by atoms with E-state index in [1.54, 1.807) is 12.1 Å². The van der Waals surface area contributed by atoms with Gasteiger partial charge in [-0.25, -0.2) is 9.78 Å². The van der Waals surface area contributed by atoms with Crippen molar-refractivity contribution in [1.29, 1.82) is 0 Å². The largest absolute Gasteiger partial charge is 0.476 e. The molecule has 5 heteroatoms. The van der Waals surface area contributed by atoms with Crippen LogP contribution in [0.1, 0.15) is 42.6 Å². The fraction of sp³-hybridized carbons (Fsp3) is 0.571. The molecule has 19 heavy (non-hydrogen) atoms. The molecular formula is C14H19ClN2O2. The van der Waals surface area contributed by atoms with Crippen molar-refractivity contribution in [1.82, 2.24) is 4.98 Å². The summed E-state index contributed by atoms with van der Waals surface area (Å²) in [4.78, 5) is 17.2. The van der Waals surface area contributed by atoms with Crippen LogP contribution in [0.2, 0.25) is 5.02 Å². The summed E-state index contributed by atoms with van der Waals surface area (Å²) in [5.41, 5.74) is -0.0744. The molecule has 0 bridgehead atoms. The first-order chi connectivity index (χ1) is 9.08. The molecule has 0 saturated heterocycles. The quantitative estimate of drug-likeness (QED) is 0.919. The van der Waals surface area contributed by atoms with Crippen LogP contribution in [0.4, 0.5) is 5.82 Å². The van der Waals surface area contributed by atoms with Crippen LogP contribution in [0.3, 0.4) is 0 Å². The lowest BCUT2D eigenvalue weighted by Crippen LogP contribution is -2.27. The second-order valence-electron chi connectivity index (χ2n) is 5.19. The number of aromatic nitrogens is 1. The number of nitrogens with zero attached hydrogens (tertiary/aromatic N) is 2. The fourth-order valence-corrected chi connectivity index (χ4v) is 2.83. The highest BCUT2D eigenvalue weighted by Gasteiger charge is 2.18. The van der Waals surface area contributed by atoms with Crippen molar-refractivity contribution >= 4 is 23.4 Å². The third-order valence-electron chi connectivity index (χ3n) is 3.68. The number of hydrogen-bond acceptors (Lipinski definition) is 3. The summed E-state index contributed by atoms with van der Waals surface area (Å²) in [6.07, 6.45) is 6.44. The Labute approximate surface area is 118 Å². The molecule has 4 nitrogen and oxygen atoms in total. The highest BCUT2D eigenvalue weighted by molar-refractivity contribution is 6.33. The average Bonchev–Trinajstić information content (AvgIpc) is 2.40. The molecule has 1 N–H and O–H groups in total. The van der Waals surface area contributed by atoms with Gasteiger partial charge in [0.25, 0.3) is 0 Å². The molecule has 0 spiro atoms. The summed E-state index contributed by atoms with van der Waals surface area (Å²) in [6, 6.07) is 3.38. The summed E-state index contributed by atoms with van der Waals surface area (Å²) in [7, 11) is 1.95. The zero-order valence-corrected chi connectivity index (χ0v) is 11.9. The van der Waals surface area contributed by atoms with E-state index < -0.39 is 5.97 Å². The van der Waals surface area contributed by atoms with Crippen LogP contribution >= 0.6 is 11.6 Å². The van der Waals surface area contributed by atoms with Crippen molar-refractivity contribution < 1.29 is 9.90 Å². The molecule has 104 valence electrons. The fourth-order valence-electron chi connectivity index (χ4n) is 2.64. The Morgan fingerprint density at radius 2 is 2.11 bits per heavy atom. The van der Waals surface area contributed by atoms with Crippen molar-refractivity contribution in [2.24, 2.45) is 5.92 Å². The van der Waals surface area contributed by atoms with E-state index in [1.807, 2.05) is 11.9 Å². The Morgan fingerprint density at radius 1 is 1.42 bits per heavy atom. The van der Waals surface area contributed by atoms with E-state index in [-0.39, 0.29) is 10.7 Å². The average molecular weight is 283 g/mol. The molecule has 0 aliphatic heterocycles. The van der Waals surface area contributed by atoms with Gasteiger partial charge in [0.1, 0.15) is 5.82 Å². The first-order valence-corrected chi connectivity index (χ1v) is 7.06. The molecule has 0 amide bonds. The summed E-state index contributed by atoms with van der Waals surface area (Å²) in [5, 5.41) is 9.21. The van der Waals surface area contributed by atoms with Gasteiger partial charge in [0.2, 0.25) is 0 Å². The lowest BCUT2D eigenvalue weighted by Gasteiger charge is -2.27. The van der Waals surface area contributed by atoms with Crippen LogP contribution in [0.25, 0.3) is 0 Å². The molecule has 0 radical (unpaired) electrons. The number of carboxylic acid groups (broad SMARTS) is 1. The van der Waals surface area contributed by atoms with Crippen LogP contribution < -0.4 is 4.90 Å². The molecule has 0 atom stereocenters. The molecule has 1 fully saturated rings. The zero-order chi connectivity index (χ0) is 13.8. The van der Waals surface area contributed by atoms with Gasteiger partial charge in [-0.2, -0.15) is 0 Å². The molecule has 1 aliphatic rings. The van der Waals surface area contributed by atoms with Crippen molar-refractivity contribution in [2.75, 3.05) is 18.5 Å². The minimum atomic E-state index is -1.09. The SMILES string of the molecule is CN(CC1CCCCC1)c1ccc(Cl)c(C(=O)O)n1. The molecule has 1 heterocycles. The Kier molecular flexibility index (Phi) is 4.64. The normalized spacial score (nSPS) is 16.3. The van der Waals surface area contributed by atoms with Crippen LogP contribution in [-0.2, 0) is 0 Å². The van der Waals surface area contributed by atoms with Gasteiger partial charge in [-0.1, -0.05) is 30.9 Å². The molecule has 1 aliphatic carbocycles. The number of pyridine rings is 1. The van der Waals surface area contributed by atoms with Gasteiger partial charge in [0.15, 0.2) is 5.69 Å². The lowest BCUT2D eigenvalue weighted by molar-refractivity contribution is 0.0691. The van der Waals surface area contributed by atoms with Crippen molar-refractivity contribution in [3.05, 3.63) is 22.8 Å². The summed E-state index contributed by atoms with van der Waals surface area (Å²) in [5.74, 6) is 0.273. The second kappa shape index (κ2) is 6.24. The topological polar surface area (TPSA) is 53.4 Å². The highest BCUT2D eigenvalue weighted by atomic mass is 35.5. The van der Waals surface area contributed by atoms with E-state index in [2.05, 4.69) is 4.98 Å². The smallest absolute Gasteiger partial charge is 0.356 e. The molecule has 1 saturated carbocycles. The molecule has 1 aromatic rings. The highest BCUT2D eigenvalue weighted by Crippen LogP contribution is 2.26. The Balaban J connectivity index is 2.07. The predicted molar refractivity (Wildman–Crippen MR) is 76.1 cm³/mol.